The monoisotopic (exact) mass is 315 g/mol. The fourth-order valence-corrected chi connectivity index (χ4v) is 2.61. The van der Waals surface area contributed by atoms with Crippen LogP contribution >= 0.6 is 0 Å². The number of morpholine rings is 1. The van der Waals surface area contributed by atoms with E-state index in [1.54, 1.807) is 28.9 Å². The molecule has 0 N–H and O–H groups in total. The smallest absolute Gasteiger partial charge is 0.272 e. The Balaban J connectivity index is 1.73. The zero-order valence-electron chi connectivity index (χ0n) is 13.6. The standard InChI is InChI=1S/C16H21N5O2/c1-19(2)12-4-5-13(17-10-12)15-11-21(8-9-23-15)16(22)14-6-7-18-20(14)3/h4-7,10,15H,8-9,11H2,1-3H3/t15-/m0/s1. The predicted octanol–water partition coefficient (Wildman–Crippen LogP) is 1.09. The summed E-state index contributed by atoms with van der Waals surface area (Å²) < 4.78 is 7.39. The first-order valence-corrected chi connectivity index (χ1v) is 7.58. The van der Waals surface area contributed by atoms with Gasteiger partial charge in [0, 0.05) is 33.9 Å². The third-order valence-electron chi connectivity index (χ3n) is 4.01. The number of ether oxygens (including phenoxy) is 1. The van der Waals surface area contributed by atoms with Crippen LogP contribution in [0.15, 0.2) is 30.6 Å². The van der Waals surface area contributed by atoms with Crippen molar-refractivity contribution in [2.75, 3.05) is 38.7 Å². The van der Waals surface area contributed by atoms with Crippen molar-refractivity contribution >= 4 is 11.6 Å². The molecule has 2 aromatic heterocycles. The number of carbonyl (C=O) groups excluding carboxylic acids is 1. The Bertz CT molecular complexity index is 680. The second-order valence-electron chi connectivity index (χ2n) is 5.79. The summed E-state index contributed by atoms with van der Waals surface area (Å²) in [5, 5.41) is 4.06. The van der Waals surface area contributed by atoms with Gasteiger partial charge in [0.05, 0.1) is 30.7 Å². The van der Waals surface area contributed by atoms with Crippen LogP contribution in [-0.2, 0) is 11.8 Å². The van der Waals surface area contributed by atoms with Crippen LogP contribution in [0.1, 0.15) is 22.3 Å². The fourth-order valence-electron chi connectivity index (χ4n) is 2.61. The van der Waals surface area contributed by atoms with Gasteiger partial charge in [-0.05, 0) is 18.2 Å². The van der Waals surface area contributed by atoms with E-state index in [0.29, 0.717) is 25.4 Å². The van der Waals surface area contributed by atoms with E-state index in [2.05, 4.69) is 10.1 Å². The quantitative estimate of drug-likeness (QED) is 0.848. The summed E-state index contributed by atoms with van der Waals surface area (Å²) in [7, 11) is 5.72. The Hall–Kier alpha value is -2.41. The molecule has 7 heteroatoms. The van der Waals surface area contributed by atoms with Gasteiger partial charge in [-0.15, -0.1) is 0 Å². The molecule has 1 fully saturated rings. The largest absolute Gasteiger partial charge is 0.376 e. The molecule has 0 radical (unpaired) electrons. The van der Waals surface area contributed by atoms with E-state index in [0.717, 1.165) is 11.4 Å². The molecule has 0 unspecified atom stereocenters. The molecule has 3 rings (SSSR count). The van der Waals surface area contributed by atoms with Gasteiger partial charge in [-0.25, -0.2) is 0 Å². The third-order valence-corrected chi connectivity index (χ3v) is 4.01. The van der Waals surface area contributed by atoms with E-state index in [1.165, 1.54) is 0 Å². The molecule has 1 saturated heterocycles. The maximum absolute atomic E-state index is 12.6. The van der Waals surface area contributed by atoms with Gasteiger partial charge in [0.25, 0.3) is 5.91 Å². The van der Waals surface area contributed by atoms with Crippen LogP contribution < -0.4 is 4.90 Å². The van der Waals surface area contributed by atoms with E-state index in [-0.39, 0.29) is 12.0 Å². The number of anilines is 1. The van der Waals surface area contributed by atoms with Crippen molar-refractivity contribution < 1.29 is 9.53 Å². The van der Waals surface area contributed by atoms with Crippen molar-refractivity contribution in [1.82, 2.24) is 19.7 Å². The van der Waals surface area contributed by atoms with Crippen LogP contribution in [-0.4, -0.2) is 59.4 Å². The fraction of sp³-hybridized carbons (Fsp3) is 0.438. The minimum Gasteiger partial charge on any atom is -0.376 e. The molecule has 2 aromatic rings. The number of amides is 1. The van der Waals surface area contributed by atoms with Gasteiger partial charge in [0.2, 0.25) is 0 Å². The average molecular weight is 315 g/mol. The molecular formula is C16H21N5O2. The van der Waals surface area contributed by atoms with E-state index in [9.17, 15) is 4.79 Å². The minimum atomic E-state index is -0.197. The Morgan fingerprint density at radius 2 is 2.17 bits per heavy atom. The van der Waals surface area contributed by atoms with Crippen LogP contribution in [0.3, 0.4) is 0 Å². The van der Waals surface area contributed by atoms with Gasteiger partial charge in [-0.1, -0.05) is 0 Å². The van der Waals surface area contributed by atoms with Crippen molar-refractivity contribution in [2.45, 2.75) is 6.10 Å². The lowest BCUT2D eigenvalue weighted by molar-refractivity contribution is -0.0250. The zero-order valence-corrected chi connectivity index (χ0v) is 13.6. The van der Waals surface area contributed by atoms with Gasteiger partial charge in [0.15, 0.2) is 0 Å². The Labute approximate surface area is 135 Å². The number of rotatable bonds is 3. The molecule has 0 aliphatic carbocycles. The molecule has 0 spiro atoms. The first-order chi connectivity index (χ1) is 11.1. The van der Waals surface area contributed by atoms with Gasteiger partial charge in [-0.2, -0.15) is 5.10 Å². The van der Waals surface area contributed by atoms with E-state index in [1.807, 2.05) is 37.3 Å². The van der Waals surface area contributed by atoms with Gasteiger partial charge in [-0.3, -0.25) is 14.5 Å². The third kappa shape index (κ3) is 3.19. The molecule has 1 aliphatic heterocycles. The second kappa shape index (κ2) is 6.37. The van der Waals surface area contributed by atoms with Crippen LogP contribution in [0.5, 0.6) is 0 Å². The predicted molar refractivity (Wildman–Crippen MR) is 86.4 cm³/mol. The zero-order chi connectivity index (χ0) is 16.4. The number of hydrogen-bond donors (Lipinski definition) is 0. The molecule has 1 aliphatic rings. The highest BCUT2D eigenvalue weighted by Crippen LogP contribution is 2.23. The van der Waals surface area contributed by atoms with Gasteiger partial charge >= 0.3 is 0 Å². The topological polar surface area (TPSA) is 63.5 Å². The van der Waals surface area contributed by atoms with Gasteiger partial charge in [0.1, 0.15) is 11.8 Å². The van der Waals surface area contributed by atoms with Crippen LogP contribution in [0.25, 0.3) is 0 Å². The van der Waals surface area contributed by atoms with E-state index >= 15 is 0 Å². The summed E-state index contributed by atoms with van der Waals surface area (Å²) in [4.78, 5) is 20.9. The highest BCUT2D eigenvalue weighted by Gasteiger charge is 2.28. The summed E-state index contributed by atoms with van der Waals surface area (Å²) in [6, 6.07) is 5.70. The minimum absolute atomic E-state index is 0.0248. The van der Waals surface area contributed by atoms with Crippen molar-refractivity contribution in [3.63, 3.8) is 0 Å². The van der Waals surface area contributed by atoms with E-state index in [4.69, 9.17) is 4.74 Å². The highest BCUT2D eigenvalue weighted by atomic mass is 16.5. The summed E-state index contributed by atoms with van der Waals surface area (Å²) in [5.41, 5.74) is 2.46. The Morgan fingerprint density at radius 3 is 2.78 bits per heavy atom. The number of hydrogen-bond acceptors (Lipinski definition) is 5. The SMILES string of the molecule is CN(C)c1ccc([C@@H]2CN(C(=O)c3ccnn3C)CCO2)nc1. The van der Waals surface area contributed by atoms with E-state index < -0.39 is 0 Å². The molecule has 0 bridgehead atoms. The van der Waals surface area contributed by atoms with Crippen LogP contribution in [0, 0.1) is 0 Å². The first kappa shape index (κ1) is 15.5. The van der Waals surface area contributed by atoms with Crippen molar-refractivity contribution in [3.05, 3.63) is 42.0 Å². The number of nitrogens with zero attached hydrogens (tertiary/aromatic N) is 5. The normalized spacial score (nSPS) is 18.0. The molecule has 122 valence electrons. The lowest BCUT2D eigenvalue weighted by atomic mass is 10.1. The molecule has 1 amide bonds. The second-order valence-corrected chi connectivity index (χ2v) is 5.79. The number of pyridine rings is 1. The highest BCUT2D eigenvalue weighted by molar-refractivity contribution is 5.92. The van der Waals surface area contributed by atoms with Crippen molar-refractivity contribution in [1.29, 1.82) is 0 Å². The Morgan fingerprint density at radius 1 is 1.35 bits per heavy atom. The lowest BCUT2D eigenvalue weighted by Crippen LogP contribution is -2.43. The lowest BCUT2D eigenvalue weighted by Gasteiger charge is -2.32. The van der Waals surface area contributed by atoms with Crippen LogP contribution in [0.4, 0.5) is 5.69 Å². The summed E-state index contributed by atoms with van der Waals surface area (Å²) in [6.45, 7) is 1.58. The molecule has 23 heavy (non-hydrogen) atoms. The maximum atomic E-state index is 12.6. The first-order valence-electron chi connectivity index (χ1n) is 7.58. The van der Waals surface area contributed by atoms with Crippen molar-refractivity contribution in [2.24, 2.45) is 7.05 Å². The molecule has 0 aromatic carbocycles. The molecule has 0 saturated carbocycles. The maximum Gasteiger partial charge on any atom is 0.272 e. The van der Waals surface area contributed by atoms with Gasteiger partial charge < -0.3 is 14.5 Å². The summed E-state index contributed by atoms with van der Waals surface area (Å²) >= 11 is 0. The van der Waals surface area contributed by atoms with Crippen molar-refractivity contribution in [3.8, 4) is 0 Å². The number of aromatic nitrogens is 3. The molecular weight excluding hydrogens is 294 g/mol. The number of aryl methyl sites for hydroxylation is 1. The van der Waals surface area contributed by atoms with Crippen LogP contribution in [0.2, 0.25) is 0 Å². The summed E-state index contributed by atoms with van der Waals surface area (Å²) in [5.74, 6) is -0.0248. The molecule has 3 heterocycles. The summed E-state index contributed by atoms with van der Waals surface area (Å²) in [6.07, 6.45) is 3.25. The molecule has 7 nitrogen and oxygen atoms in total. The average Bonchev–Trinajstić information content (AvgIpc) is 3.00. The Kier molecular flexibility index (Phi) is 4.29. The number of carbonyl (C=O) groups is 1. The molecule has 1 atom stereocenters.